The van der Waals surface area contributed by atoms with Crippen LogP contribution in [0.5, 0.6) is 0 Å². The molecule has 13 heteroatoms. The van der Waals surface area contributed by atoms with E-state index in [2.05, 4.69) is 0 Å². The van der Waals surface area contributed by atoms with Crippen LogP contribution in [0.2, 0.25) is 0 Å². The quantitative estimate of drug-likeness (QED) is 0.0635. The Morgan fingerprint density at radius 2 is 0.963 bits per heavy atom. The smallest absolute Gasteiger partial charge is 0.338 e. The summed E-state index contributed by atoms with van der Waals surface area (Å²) in [7, 11) is 0. The molecule has 0 spiro atoms. The summed E-state index contributed by atoms with van der Waals surface area (Å²) in [6.07, 6.45) is 1.95. The minimum absolute atomic E-state index is 0.0500. The maximum Gasteiger partial charge on any atom is 0.338 e. The number of carbonyl (C=O) groups excluding carboxylic acids is 2. The van der Waals surface area contributed by atoms with E-state index in [1.54, 1.807) is 48.2 Å². The van der Waals surface area contributed by atoms with Crippen LogP contribution in [0.1, 0.15) is 113 Å². The van der Waals surface area contributed by atoms with Gasteiger partial charge in [-0.05, 0) is 78.5 Å². The molecule has 11 atom stereocenters. The van der Waals surface area contributed by atoms with Gasteiger partial charge < -0.3 is 47.4 Å². The zero-order valence-electron chi connectivity index (χ0n) is 45.3. The van der Waals surface area contributed by atoms with E-state index in [1.165, 1.54) is 38.5 Å². The lowest BCUT2D eigenvalue weighted by atomic mass is 9.77. The lowest BCUT2D eigenvalue weighted by Gasteiger charge is -2.52. The van der Waals surface area contributed by atoms with Crippen LogP contribution in [-0.2, 0) is 67.2 Å². The monoisotopic (exact) mass is 1100 g/mol. The molecule has 3 aliphatic heterocycles. The van der Waals surface area contributed by atoms with Crippen LogP contribution in [0, 0.1) is 11.8 Å². The first-order valence-electron chi connectivity index (χ1n) is 28.9. The first kappa shape index (κ1) is 56.2. The Morgan fingerprint density at radius 3 is 1.50 bits per heavy atom. The number of esters is 2. The van der Waals surface area contributed by atoms with Crippen LogP contribution in [0.3, 0.4) is 0 Å². The van der Waals surface area contributed by atoms with E-state index < -0.39 is 78.8 Å². The Balaban J connectivity index is 1.02. The van der Waals surface area contributed by atoms with Gasteiger partial charge >= 0.3 is 11.9 Å². The number of ether oxygens (including phenoxy) is 10. The minimum Gasteiger partial charge on any atom is -0.452 e. The summed E-state index contributed by atoms with van der Waals surface area (Å²) in [4.78, 5) is 29.6. The topological polar surface area (TPSA) is 126 Å². The molecule has 0 unspecified atom stereocenters. The second kappa shape index (κ2) is 28.3. The van der Waals surface area contributed by atoms with E-state index in [0.29, 0.717) is 23.0 Å². The van der Waals surface area contributed by atoms with E-state index in [1.807, 2.05) is 146 Å². The van der Waals surface area contributed by atoms with Gasteiger partial charge in [0.25, 0.3) is 0 Å². The number of fused-ring (bicyclic) bond motifs is 1. The van der Waals surface area contributed by atoms with Crippen LogP contribution >= 0.6 is 11.8 Å². The normalized spacial score (nSPS) is 27.4. The second-order valence-electron chi connectivity index (χ2n) is 21.8. The highest BCUT2D eigenvalue weighted by molar-refractivity contribution is 8.00. The maximum absolute atomic E-state index is 14.8. The molecule has 3 heterocycles. The molecule has 0 aromatic heterocycles. The van der Waals surface area contributed by atoms with Crippen molar-refractivity contribution in [1.82, 2.24) is 0 Å². The van der Waals surface area contributed by atoms with Gasteiger partial charge in [0.2, 0.25) is 0 Å². The van der Waals surface area contributed by atoms with Crippen LogP contribution in [0.4, 0.5) is 0 Å². The van der Waals surface area contributed by atoms with E-state index in [0.717, 1.165) is 47.9 Å². The molecular weight excluding hydrogens is 1030 g/mol. The predicted molar refractivity (Wildman–Crippen MR) is 304 cm³/mol. The lowest BCUT2D eigenvalue weighted by molar-refractivity contribution is -0.370. The predicted octanol–water partition coefficient (Wildman–Crippen LogP) is 13.0. The third kappa shape index (κ3) is 14.5. The molecule has 2 aliphatic carbocycles. The van der Waals surface area contributed by atoms with Crippen molar-refractivity contribution in [2.75, 3.05) is 13.2 Å². The maximum atomic E-state index is 14.8. The second-order valence-corrected chi connectivity index (χ2v) is 23.0. The molecule has 80 heavy (non-hydrogen) atoms. The van der Waals surface area contributed by atoms with Crippen LogP contribution in [0.25, 0.3) is 0 Å². The summed E-state index contributed by atoms with van der Waals surface area (Å²) < 4.78 is 70.1. The Morgan fingerprint density at radius 1 is 0.487 bits per heavy atom. The SMILES string of the molecule is O=C(O[C@@H]1[C@@H](O[C@@H]2O[C@H](COCc3ccccc3)[C@@H](OCc3ccccc3)[C@H](OCc3ccccc3)[C@H]2OC(=O)c2ccccc2)[C@@H]2O[C@H](c3ccccc3)OC[C@H]2O[C@H]1SC(C1CCCCC1)C1CCCCC1)c1ccccc1. The zero-order chi connectivity index (χ0) is 54.3. The molecule has 0 bridgehead atoms. The molecule has 6 aromatic carbocycles. The highest BCUT2D eigenvalue weighted by atomic mass is 32.2. The molecule has 420 valence electrons. The van der Waals surface area contributed by atoms with Gasteiger partial charge in [-0.3, -0.25) is 0 Å². The molecule has 5 aliphatic rings. The zero-order valence-corrected chi connectivity index (χ0v) is 46.1. The third-order valence-electron chi connectivity index (χ3n) is 16.2. The van der Waals surface area contributed by atoms with E-state index in [9.17, 15) is 9.59 Å². The van der Waals surface area contributed by atoms with Gasteiger partial charge in [-0.1, -0.05) is 196 Å². The van der Waals surface area contributed by atoms with E-state index in [-0.39, 0.29) is 38.3 Å². The summed E-state index contributed by atoms with van der Waals surface area (Å²) in [5.74, 6) is -0.196. The van der Waals surface area contributed by atoms with Crippen LogP contribution in [-0.4, -0.2) is 91.0 Å². The van der Waals surface area contributed by atoms with Crippen molar-refractivity contribution in [3.05, 3.63) is 215 Å². The molecule has 0 radical (unpaired) electrons. The van der Waals surface area contributed by atoms with Crippen molar-refractivity contribution in [2.45, 2.75) is 156 Å². The van der Waals surface area contributed by atoms with Gasteiger partial charge in [0.05, 0.1) is 44.2 Å². The molecule has 6 aromatic rings. The van der Waals surface area contributed by atoms with Crippen LogP contribution in [0.15, 0.2) is 182 Å². The summed E-state index contributed by atoms with van der Waals surface area (Å²) in [5.41, 5.74) is 3.62. The summed E-state index contributed by atoms with van der Waals surface area (Å²) in [6.45, 7) is 0.843. The van der Waals surface area contributed by atoms with Crippen molar-refractivity contribution < 1.29 is 57.0 Å². The Bertz CT molecular complexity index is 2770. The van der Waals surface area contributed by atoms with E-state index >= 15 is 0 Å². The van der Waals surface area contributed by atoms with Crippen LogP contribution < -0.4 is 0 Å². The fraction of sp³-hybridized carbons (Fsp3) is 0.433. The van der Waals surface area contributed by atoms with Gasteiger partial charge in [-0.25, -0.2) is 9.59 Å². The van der Waals surface area contributed by atoms with Crippen molar-refractivity contribution in [3.8, 4) is 0 Å². The summed E-state index contributed by atoms with van der Waals surface area (Å²) >= 11 is 1.79. The van der Waals surface area contributed by atoms with Crippen molar-refractivity contribution in [3.63, 3.8) is 0 Å². The number of hydrogen-bond donors (Lipinski definition) is 0. The molecular formula is C67H74O12S. The average molecular weight is 1100 g/mol. The van der Waals surface area contributed by atoms with Crippen molar-refractivity contribution in [2.24, 2.45) is 11.8 Å². The molecule has 5 fully saturated rings. The molecule has 11 rings (SSSR count). The van der Waals surface area contributed by atoms with Gasteiger partial charge in [-0.2, -0.15) is 0 Å². The number of hydrogen-bond acceptors (Lipinski definition) is 13. The molecule has 2 saturated carbocycles. The fourth-order valence-corrected chi connectivity index (χ4v) is 14.0. The van der Waals surface area contributed by atoms with Gasteiger partial charge in [-0.15, -0.1) is 11.8 Å². The summed E-state index contributed by atoms with van der Waals surface area (Å²) in [6, 6.07) is 57.4. The largest absolute Gasteiger partial charge is 0.452 e. The number of carbonyl (C=O) groups is 2. The number of benzene rings is 6. The van der Waals surface area contributed by atoms with Crippen molar-refractivity contribution >= 4 is 23.7 Å². The molecule has 12 nitrogen and oxygen atoms in total. The van der Waals surface area contributed by atoms with E-state index in [4.69, 9.17) is 47.4 Å². The fourth-order valence-electron chi connectivity index (χ4n) is 12.1. The highest BCUT2D eigenvalue weighted by Gasteiger charge is 2.58. The average Bonchev–Trinajstić information content (AvgIpc) is 3.54. The molecule has 0 amide bonds. The number of thioether (sulfide) groups is 1. The molecule has 3 saturated heterocycles. The first-order chi connectivity index (χ1) is 39.5. The Kier molecular flexibility index (Phi) is 19.9. The Labute approximate surface area is 475 Å². The minimum atomic E-state index is -1.37. The highest BCUT2D eigenvalue weighted by Crippen LogP contribution is 2.48. The van der Waals surface area contributed by atoms with Gasteiger partial charge in [0, 0.05) is 10.8 Å². The third-order valence-corrected chi connectivity index (χ3v) is 18.0. The standard InChI is InChI=1S/C67H74O12S/c68-63(51-35-19-6-20-36-51)76-60-58(72-43-48-29-13-3-14-30-48)56(71-42-47-27-11-2-12-28-47)54(44-70-41-46-25-9-1-10-26-46)74-66(60)79-59-57-55(45-73-65(78-57)53-39-23-8-24-40-53)75-67(61(59)77-64(69)52-37-21-7-22-38-52)80-62(49-31-15-4-16-32-49)50-33-17-5-18-34-50/h1-3,6-14,19-30,35-40,49-50,54-62,65-67H,4-5,15-18,31-34,41-45H2/t54-,55-,56-,57-,58+,59+,60-,61-,65-,66+,67+/m1/s1. The summed E-state index contributed by atoms with van der Waals surface area (Å²) in [5, 5.41) is 0.244. The van der Waals surface area contributed by atoms with Gasteiger partial charge in [0.15, 0.2) is 24.8 Å². The van der Waals surface area contributed by atoms with Gasteiger partial charge in [0.1, 0.15) is 42.1 Å². The van der Waals surface area contributed by atoms with Crippen molar-refractivity contribution in [1.29, 1.82) is 0 Å². The lowest BCUT2D eigenvalue weighted by Crippen LogP contribution is -2.67. The Hall–Kier alpha value is -5.71. The molecule has 0 N–H and O–H groups in total. The number of rotatable bonds is 21. The first-order valence-corrected chi connectivity index (χ1v) is 29.8.